The molecule has 0 radical (unpaired) electrons. The molecular weight excluding hydrogens is 429 g/mol. The van der Waals surface area contributed by atoms with Crippen LogP contribution in [0.5, 0.6) is 17.2 Å². The topological polar surface area (TPSA) is 89.1 Å². The van der Waals surface area contributed by atoms with E-state index in [1.165, 1.54) is 33.5 Å². The van der Waals surface area contributed by atoms with Gasteiger partial charge in [-0.05, 0) is 42.3 Å². The lowest BCUT2D eigenvalue weighted by molar-refractivity contribution is -0.125. The van der Waals surface area contributed by atoms with Crippen molar-refractivity contribution < 1.29 is 28.2 Å². The number of hydrogen-bond donors (Lipinski definition) is 2. The highest BCUT2D eigenvalue weighted by Crippen LogP contribution is 2.43. The molecule has 2 atom stereocenters. The Balaban J connectivity index is 1.88. The number of urea groups is 1. The molecule has 2 aromatic carbocycles. The molecule has 33 heavy (non-hydrogen) atoms. The Morgan fingerprint density at radius 3 is 2.18 bits per heavy atom. The molecule has 0 aromatic heterocycles. The molecular formula is C24H30FN3O5. The van der Waals surface area contributed by atoms with Crippen LogP contribution in [0.4, 0.5) is 9.18 Å². The highest BCUT2D eigenvalue weighted by molar-refractivity contribution is 5.83. The van der Waals surface area contributed by atoms with Crippen molar-refractivity contribution in [1.29, 1.82) is 0 Å². The number of amides is 3. The Hall–Kier alpha value is -3.49. The first-order valence-electron chi connectivity index (χ1n) is 10.8. The van der Waals surface area contributed by atoms with Gasteiger partial charge < -0.3 is 29.7 Å². The van der Waals surface area contributed by atoms with Crippen LogP contribution in [-0.4, -0.2) is 57.8 Å². The van der Waals surface area contributed by atoms with Crippen LogP contribution in [0.3, 0.4) is 0 Å². The Morgan fingerprint density at radius 2 is 1.64 bits per heavy atom. The van der Waals surface area contributed by atoms with E-state index in [1.807, 2.05) is 19.1 Å². The van der Waals surface area contributed by atoms with E-state index in [2.05, 4.69) is 10.6 Å². The molecule has 1 saturated heterocycles. The Kier molecular flexibility index (Phi) is 7.97. The fourth-order valence-electron chi connectivity index (χ4n) is 4.07. The van der Waals surface area contributed by atoms with Gasteiger partial charge in [0.15, 0.2) is 11.5 Å². The fourth-order valence-corrected chi connectivity index (χ4v) is 4.07. The summed E-state index contributed by atoms with van der Waals surface area (Å²) in [4.78, 5) is 27.4. The summed E-state index contributed by atoms with van der Waals surface area (Å²) in [6.45, 7) is 3.23. The van der Waals surface area contributed by atoms with Crippen LogP contribution in [0.1, 0.15) is 24.0 Å². The van der Waals surface area contributed by atoms with Crippen molar-refractivity contribution >= 4 is 11.9 Å². The number of benzene rings is 2. The van der Waals surface area contributed by atoms with Crippen molar-refractivity contribution in [1.82, 2.24) is 15.5 Å². The molecule has 2 unspecified atom stereocenters. The summed E-state index contributed by atoms with van der Waals surface area (Å²) in [7, 11) is 4.59. The minimum Gasteiger partial charge on any atom is -0.493 e. The van der Waals surface area contributed by atoms with Crippen molar-refractivity contribution in [2.24, 2.45) is 5.92 Å². The zero-order valence-corrected chi connectivity index (χ0v) is 19.3. The summed E-state index contributed by atoms with van der Waals surface area (Å²) in [5, 5.41) is 5.72. The van der Waals surface area contributed by atoms with Crippen molar-refractivity contribution in [2.75, 3.05) is 41.0 Å². The number of carbonyl (C=O) groups excluding carboxylic acids is 2. The van der Waals surface area contributed by atoms with E-state index in [-0.39, 0.29) is 36.8 Å². The first kappa shape index (κ1) is 24.2. The average molecular weight is 460 g/mol. The Morgan fingerprint density at radius 1 is 1.00 bits per heavy atom. The van der Waals surface area contributed by atoms with Gasteiger partial charge in [-0.1, -0.05) is 12.1 Å². The van der Waals surface area contributed by atoms with E-state index < -0.39 is 5.92 Å². The van der Waals surface area contributed by atoms with Gasteiger partial charge in [0.25, 0.3) is 0 Å². The molecule has 2 N–H and O–H groups in total. The first-order chi connectivity index (χ1) is 15.9. The number of ether oxygens (including phenoxy) is 3. The second kappa shape index (κ2) is 10.9. The quantitative estimate of drug-likeness (QED) is 0.634. The zero-order chi connectivity index (χ0) is 24.0. The number of carbonyl (C=O) groups is 2. The molecule has 0 spiro atoms. The van der Waals surface area contributed by atoms with E-state index in [4.69, 9.17) is 14.2 Å². The van der Waals surface area contributed by atoms with E-state index >= 15 is 0 Å². The summed E-state index contributed by atoms with van der Waals surface area (Å²) in [5.74, 6) is 0.123. The predicted molar refractivity (Wildman–Crippen MR) is 121 cm³/mol. The smallest absolute Gasteiger partial charge is 0.317 e. The molecule has 1 aliphatic rings. The van der Waals surface area contributed by atoms with Crippen molar-refractivity contribution in [2.45, 2.75) is 19.4 Å². The average Bonchev–Trinajstić information content (AvgIpc) is 3.28. The van der Waals surface area contributed by atoms with Crippen LogP contribution in [0.15, 0.2) is 36.4 Å². The van der Waals surface area contributed by atoms with Crippen molar-refractivity contribution in [3.8, 4) is 17.2 Å². The maximum Gasteiger partial charge on any atom is 0.317 e. The molecule has 0 bridgehead atoms. The molecule has 3 rings (SSSR count). The third-order valence-electron chi connectivity index (χ3n) is 5.77. The molecule has 9 heteroatoms. The van der Waals surface area contributed by atoms with Crippen LogP contribution < -0.4 is 24.8 Å². The first-order valence-corrected chi connectivity index (χ1v) is 10.8. The monoisotopic (exact) mass is 459 g/mol. The van der Waals surface area contributed by atoms with Gasteiger partial charge in [-0.25, -0.2) is 9.18 Å². The highest BCUT2D eigenvalue weighted by Gasteiger charge is 2.41. The van der Waals surface area contributed by atoms with Gasteiger partial charge in [0.2, 0.25) is 11.7 Å². The molecule has 0 saturated carbocycles. The number of hydrogen-bond acceptors (Lipinski definition) is 5. The van der Waals surface area contributed by atoms with Gasteiger partial charge in [0.1, 0.15) is 5.82 Å². The van der Waals surface area contributed by atoms with Gasteiger partial charge in [0.05, 0.1) is 27.2 Å². The number of halogens is 1. The third-order valence-corrected chi connectivity index (χ3v) is 5.77. The number of likely N-dealkylation sites (tertiary alicyclic amines) is 1. The lowest BCUT2D eigenvalue weighted by Gasteiger charge is -2.21. The molecule has 0 aliphatic carbocycles. The molecule has 1 heterocycles. The van der Waals surface area contributed by atoms with E-state index in [1.54, 1.807) is 17.0 Å². The predicted octanol–water partition coefficient (Wildman–Crippen LogP) is 2.91. The number of nitrogens with zero attached hydrogens (tertiary/aromatic N) is 1. The fraction of sp³-hybridized carbons (Fsp3) is 0.417. The van der Waals surface area contributed by atoms with E-state index in [9.17, 15) is 14.0 Å². The molecule has 3 amide bonds. The van der Waals surface area contributed by atoms with Crippen molar-refractivity contribution in [3.63, 3.8) is 0 Å². The van der Waals surface area contributed by atoms with E-state index in [0.717, 1.165) is 11.1 Å². The Bertz CT molecular complexity index is 958. The normalized spacial score (nSPS) is 17.4. The standard InChI is InChI=1S/C24H30FN3O5/c1-5-26-24(30)28-13-18(16-10-20(31-2)22(33-4)21(11-16)32-3)19(14-28)23(29)27-12-15-6-8-17(25)9-7-15/h6-11,18-19H,5,12-14H2,1-4H3,(H,26,30)(H,27,29). The van der Waals surface area contributed by atoms with Crippen LogP contribution in [-0.2, 0) is 11.3 Å². The molecule has 1 fully saturated rings. The molecule has 1 aliphatic heterocycles. The largest absolute Gasteiger partial charge is 0.493 e. The summed E-state index contributed by atoms with van der Waals surface area (Å²) < 4.78 is 29.5. The summed E-state index contributed by atoms with van der Waals surface area (Å²) in [5.41, 5.74) is 1.59. The molecule has 178 valence electrons. The van der Waals surface area contributed by atoms with Gasteiger partial charge in [-0.3, -0.25) is 4.79 Å². The van der Waals surface area contributed by atoms with Gasteiger partial charge in [-0.15, -0.1) is 0 Å². The van der Waals surface area contributed by atoms with Crippen molar-refractivity contribution in [3.05, 3.63) is 53.3 Å². The van der Waals surface area contributed by atoms with Crippen LogP contribution in [0.2, 0.25) is 0 Å². The van der Waals surface area contributed by atoms with Crippen LogP contribution in [0.25, 0.3) is 0 Å². The van der Waals surface area contributed by atoms with Crippen LogP contribution >= 0.6 is 0 Å². The second-order valence-corrected chi connectivity index (χ2v) is 7.76. The number of methoxy groups -OCH3 is 3. The van der Waals surface area contributed by atoms with Gasteiger partial charge in [0, 0.05) is 32.1 Å². The highest BCUT2D eigenvalue weighted by atomic mass is 19.1. The van der Waals surface area contributed by atoms with E-state index in [0.29, 0.717) is 30.3 Å². The maximum absolute atomic E-state index is 13.2. The van der Waals surface area contributed by atoms with Gasteiger partial charge >= 0.3 is 6.03 Å². The third kappa shape index (κ3) is 5.47. The SMILES string of the molecule is CCNC(=O)N1CC(C(=O)NCc2ccc(F)cc2)C(c2cc(OC)c(OC)c(OC)c2)C1. The second-order valence-electron chi connectivity index (χ2n) is 7.76. The summed E-state index contributed by atoms with van der Waals surface area (Å²) >= 11 is 0. The number of nitrogens with one attached hydrogen (secondary N) is 2. The summed E-state index contributed by atoms with van der Waals surface area (Å²) in [6.07, 6.45) is 0. The summed E-state index contributed by atoms with van der Waals surface area (Å²) in [6, 6.07) is 9.37. The zero-order valence-electron chi connectivity index (χ0n) is 19.3. The molecule has 8 nitrogen and oxygen atoms in total. The minimum atomic E-state index is -0.490. The Labute approximate surface area is 193 Å². The minimum absolute atomic E-state index is 0.190. The van der Waals surface area contributed by atoms with Crippen LogP contribution in [0, 0.1) is 11.7 Å². The maximum atomic E-state index is 13.2. The number of rotatable bonds is 8. The molecule has 2 aromatic rings. The lowest BCUT2D eigenvalue weighted by atomic mass is 9.87. The van der Waals surface area contributed by atoms with Gasteiger partial charge in [-0.2, -0.15) is 0 Å². The lowest BCUT2D eigenvalue weighted by Crippen LogP contribution is -2.39.